The van der Waals surface area contributed by atoms with Gasteiger partial charge in [-0.3, -0.25) is 0 Å². The minimum atomic E-state index is -3.47. The van der Waals surface area contributed by atoms with Gasteiger partial charge in [0, 0.05) is 12.1 Å². The van der Waals surface area contributed by atoms with Crippen molar-refractivity contribution in [2.45, 2.75) is 82.8 Å². The number of rotatable bonds is 4. The molecule has 0 aliphatic carbocycles. The quantitative estimate of drug-likeness (QED) is 0.749. The van der Waals surface area contributed by atoms with Crippen LogP contribution in [0.5, 0.6) is 0 Å². The van der Waals surface area contributed by atoms with Crippen molar-refractivity contribution in [2.75, 3.05) is 0 Å². The van der Waals surface area contributed by atoms with Crippen molar-refractivity contribution >= 4 is 18.3 Å². The lowest BCUT2D eigenvalue weighted by Gasteiger charge is -2.54. The lowest BCUT2D eigenvalue weighted by molar-refractivity contribution is -0.0391. The highest BCUT2D eigenvalue weighted by Gasteiger charge is 2.53. The molecule has 1 saturated heterocycles. The Morgan fingerprint density at radius 1 is 1.04 bits per heavy atom. The molecule has 6 heteroatoms. The normalized spacial score (nSPS) is 26.2. The molecular weight excluding hydrogens is 338 g/mol. The van der Waals surface area contributed by atoms with Crippen molar-refractivity contribution in [3.63, 3.8) is 0 Å². The zero-order chi connectivity index (χ0) is 18.5. The molecule has 0 amide bonds. The molecule has 0 bridgehead atoms. The molecule has 24 heavy (non-hydrogen) atoms. The maximum atomic E-state index is 12.9. The summed E-state index contributed by atoms with van der Waals surface area (Å²) < 4.78 is 33.9. The van der Waals surface area contributed by atoms with Crippen LogP contribution in [0.15, 0.2) is 29.2 Å². The lowest BCUT2D eigenvalue weighted by atomic mass is 9.96. The standard InChI is InChI=1S/C18H31NO3SSi/c1-13-9-11-16(12-10-13)23(20,21)19-14(2)17(15(19)3)22-24(7,8)18(4,5)6/h9-12,14-15,17H,1-8H3/t14-,15?,17?/m0/s1. The summed E-state index contributed by atoms with van der Waals surface area (Å²) in [5.74, 6) is 0. The van der Waals surface area contributed by atoms with E-state index in [2.05, 4.69) is 33.9 Å². The van der Waals surface area contributed by atoms with Crippen molar-refractivity contribution in [2.24, 2.45) is 0 Å². The Kier molecular flexibility index (Phi) is 5.10. The smallest absolute Gasteiger partial charge is 0.243 e. The first kappa shape index (κ1) is 19.6. The second kappa shape index (κ2) is 6.23. The van der Waals surface area contributed by atoms with Crippen LogP contribution >= 0.6 is 0 Å². The first-order valence-corrected chi connectivity index (χ1v) is 12.9. The second-order valence-corrected chi connectivity index (χ2v) is 15.1. The Morgan fingerprint density at radius 3 is 1.92 bits per heavy atom. The van der Waals surface area contributed by atoms with Crippen LogP contribution in [-0.2, 0) is 14.4 Å². The van der Waals surface area contributed by atoms with E-state index >= 15 is 0 Å². The van der Waals surface area contributed by atoms with E-state index in [1.54, 1.807) is 16.4 Å². The van der Waals surface area contributed by atoms with Gasteiger partial charge in [0.15, 0.2) is 8.32 Å². The van der Waals surface area contributed by atoms with E-state index in [4.69, 9.17) is 4.43 Å². The van der Waals surface area contributed by atoms with Gasteiger partial charge >= 0.3 is 0 Å². The van der Waals surface area contributed by atoms with E-state index in [0.29, 0.717) is 4.90 Å². The van der Waals surface area contributed by atoms with E-state index in [0.717, 1.165) is 5.56 Å². The number of sulfonamides is 1. The Hall–Kier alpha value is -0.693. The highest BCUT2D eigenvalue weighted by Crippen LogP contribution is 2.42. The maximum absolute atomic E-state index is 12.9. The first-order valence-electron chi connectivity index (χ1n) is 8.57. The van der Waals surface area contributed by atoms with Crippen LogP contribution in [0.3, 0.4) is 0 Å². The van der Waals surface area contributed by atoms with Crippen LogP contribution in [-0.4, -0.2) is 39.2 Å². The van der Waals surface area contributed by atoms with Crippen molar-refractivity contribution in [3.05, 3.63) is 29.8 Å². The maximum Gasteiger partial charge on any atom is 0.243 e. The molecule has 2 rings (SSSR count). The molecule has 1 aromatic carbocycles. The summed E-state index contributed by atoms with van der Waals surface area (Å²) >= 11 is 0. The molecule has 0 aromatic heterocycles. The summed E-state index contributed by atoms with van der Waals surface area (Å²) in [7, 11) is -5.39. The van der Waals surface area contributed by atoms with Crippen LogP contribution in [0, 0.1) is 6.92 Å². The topological polar surface area (TPSA) is 46.6 Å². The molecule has 3 atom stereocenters. The van der Waals surface area contributed by atoms with Crippen LogP contribution < -0.4 is 0 Å². The zero-order valence-electron chi connectivity index (χ0n) is 16.1. The summed E-state index contributed by atoms with van der Waals surface area (Å²) in [5.41, 5.74) is 1.05. The summed E-state index contributed by atoms with van der Waals surface area (Å²) in [6, 6.07) is 6.77. The lowest BCUT2D eigenvalue weighted by Crippen LogP contribution is -2.69. The molecule has 0 spiro atoms. The van der Waals surface area contributed by atoms with Gasteiger partial charge in [-0.2, -0.15) is 4.31 Å². The fourth-order valence-corrected chi connectivity index (χ4v) is 6.21. The Balaban J connectivity index is 2.20. The molecule has 0 radical (unpaired) electrons. The number of benzene rings is 1. The Labute approximate surface area is 148 Å². The van der Waals surface area contributed by atoms with Gasteiger partial charge in [0.1, 0.15) is 0 Å². The van der Waals surface area contributed by atoms with Gasteiger partial charge in [-0.05, 0) is 51.0 Å². The van der Waals surface area contributed by atoms with E-state index in [-0.39, 0.29) is 23.2 Å². The zero-order valence-corrected chi connectivity index (χ0v) is 17.9. The minimum Gasteiger partial charge on any atom is -0.411 e. The number of nitrogens with zero attached hydrogens (tertiary/aromatic N) is 1. The molecular formula is C18H31NO3SSi. The van der Waals surface area contributed by atoms with Gasteiger partial charge in [0.05, 0.1) is 11.0 Å². The number of hydrogen-bond acceptors (Lipinski definition) is 3. The summed E-state index contributed by atoms with van der Waals surface area (Å²) in [5, 5.41) is 0.114. The van der Waals surface area contributed by atoms with Gasteiger partial charge in [0.2, 0.25) is 10.0 Å². The summed E-state index contributed by atoms with van der Waals surface area (Å²) in [6.07, 6.45) is -0.0360. The molecule has 4 nitrogen and oxygen atoms in total. The third-order valence-corrected chi connectivity index (χ3v) is 12.1. The molecule has 2 unspecified atom stereocenters. The fraction of sp³-hybridized carbons (Fsp3) is 0.667. The third-order valence-electron chi connectivity index (χ3n) is 5.59. The van der Waals surface area contributed by atoms with Gasteiger partial charge in [-0.1, -0.05) is 38.5 Å². The Bertz CT molecular complexity index is 682. The highest BCUT2D eigenvalue weighted by molar-refractivity contribution is 7.89. The van der Waals surface area contributed by atoms with E-state index < -0.39 is 18.3 Å². The molecule has 1 heterocycles. The molecule has 1 aliphatic rings. The van der Waals surface area contributed by atoms with E-state index in [1.165, 1.54) is 0 Å². The van der Waals surface area contributed by atoms with Crippen LogP contribution in [0.2, 0.25) is 18.1 Å². The number of hydrogen-bond donors (Lipinski definition) is 0. The molecule has 136 valence electrons. The third kappa shape index (κ3) is 3.34. The van der Waals surface area contributed by atoms with Crippen molar-refractivity contribution < 1.29 is 12.8 Å². The van der Waals surface area contributed by atoms with Crippen molar-refractivity contribution in [1.82, 2.24) is 4.31 Å². The van der Waals surface area contributed by atoms with Crippen molar-refractivity contribution in [3.8, 4) is 0 Å². The molecule has 1 aliphatic heterocycles. The minimum absolute atomic E-state index is 0.0360. The monoisotopic (exact) mass is 369 g/mol. The summed E-state index contributed by atoms with van der Waals surface area (Å²) in [4.78, 5) is 0.359. The van der Waals surface area contributed by atoms with Crippen LogP contribution in [0.4, 0.5) is 0 Å². The van der Waals surface area contributed by atoms with Crippen LogP contribution in [0.1, 0.15) is 40.2 Å². The van der Waals surface area contributed by atoms with Gasteiger partial charge in [0.25, 0.3) is 0 Å². The predicted molar refractivity (Wildman–Crippen MR) is 101 cm³/mol. The van der Waals surface area contributed by atoms with E-state index in [1.807, 2.05) is 32.9 Å². The van der Waals surface area contributed by atoms with E-state index in [9.17, 15) is 8.42 Å². The Morgan fingerprint density at radius 2 is 1.50 bits per heavy atom. The van der Waals surface area contributed by atoms with Crippen molar-refractivity contribution in [1.29, 1.82) is 0 Å². The molecule has 1 fully saturated rings. The predicted octanol–water partition coefficient (Wildman–Crippen LogP) is 4.17. The largest absolute Gasteiger partial charge is 0.411 e. The SMILES string of the molecule is Cc1ccc(S(=O)(=O)N2C(C)C(O[Si](C)(C)C(C)(C)C)[C@@H]2C)cc1. The number of aryl methyl sites for hydroxylation is 1. The molecule has 0 saturated carbocycles. The van der Waals surface area contributed by atoms with Crippen LogP contribution in [0.25, 0.3) is 0 Å². The first-order chi connectivity index (χ1) is 10.8. The average Bonchev–Trinajstić information content (AvgIpc) is 2.44. The molecule has 1 aromatic rings. The highest BCUT2D eigenvalue weighted by atomic mass is 32.2. The fourth-order valence-electron chi connectivity index (χ4n) is 2.95. The summed E-state index contributed by atoms with van der Waals surface area (Å²) in [6.45, 7) is 16.9. The van der Waals surface area contributed by atoms with Gasteiger partial charge in [-0.25, -0.2) is 8.42 Å². The second-order valence-electron chi connectivity index (χ2n) is 8.47. The average molecular weight is 370 g/mol. The molecule has 0 N–H and O–H groups in total. The van der Waals surface area contributed by atoms with Gasteiger partial charge in [-0.15, -0.1) is 0 Å². The van der Waals surface area contributed by atoms with Gasteiger partial charge < -0.3 is 4.43 Å².